The van der Waals surface area contributed by atoms with E-state index in [9.17, 15) is 4.79 Å². The van der Waals surface area contributed by atoms with E-state index in [-0.39, 0.29) is 0 Å². The average molecular weight is 260 g/mol. The van der Waals surface area contributed by atoms with Gasteiger partial charge in [-0.2, -0.15) is 0 Å². The lowest BCUT2D eigenvalue weighted by atomic mass is 9.89. The summed E-state index contributed by atoms with van der Waals surface area (Å²) >= 11 is 0. The lowest BCUT2D eigenvalue weighted by Crippen LogP contribution is -2.39. The van der Waals surface area contributed by atoms with Crippen molar-refractivity contribution in [1.82, 2.24) is 10.2 Å². The zero-order valence-electron chi connectivity index (χ0n) is 11.8. The molecule has 2 rings (SSSR count). The zero-order valence-corrected chi connectivity index (χ0v) is 11.8. The van der Waals surface area contributed by atoms with Crippen LogP contribution in [0.25, 0.3) is 0 Å². The van der Waals surface area contributed by atoms with Crippen molar-refractivity contribution in [3.8, 4) is 0 Å². The minimum Gasteiger partial charge on any atom is -0.343 e. The molecule has 3 nitrogen and oxygen atoms in total. The van der Waals surface area contributed by atoms with E-state index in [1.165, 1.54) is 5.56 Å². The number of benzene rings is 1. The van der Waals surface area contributed by atoms with Crippen molar-refractivity contribution in [2.75, 3.05) is 26.2 Å². The molecule has 0 spiro atoms. The van der Waals surface area contributed by atoms with Gasteiger partial charge in [0.2, 0.25) is 5.91 Å². The van der Waals surface area contributed by atoms with Crippen LogP contribution in [0.15, 0.2) is 30.3 Å². The van der Waals surface area contributed by atoms with Crippen molar-refractivity contribution in [1.29, 1.82) is 0 Å². The second kappa shape index (κ2) is 7.29. The smallest absolute Gasteiger partial charge is 0.223 e. The van der Waals surface area contributed by atoms with Gasteiger partial charge in [-0.15, -0.1) is 0 Å². The summed E-state index contributed by atoms with van der Waals surface area (Å²) in [5.74, 6) is 0.923. The molecule has 1 saturated heterocycles. The third-order valence-corrected chi connectivity index (χ3v) is 3.88. The quantitative estimate of drug-likeness (QED) is 0.825. The molecule has 19 heavy (non-hydrogen) atoms. The molecule has 104 valence electrons. The number of hydrogen-bond donors (Lipinski definition) is 1. The summed E-state index contributed by atoms with van der Waals surface area (Å²) in [7, 11) is 0. The minimum absolute atomic E-state index is 0.299. The van der Waals surface area contributed by atoms with Gasteiger partial charge in [0.15, 0.2) is 0 Å². The number of piperidine rings is 1. The van der Waals surface area contributed by atoms with Crippen molar-refractivity contribution in [3.05, 3.63) is 35.9 Å². The third-order valence-electron chi connectivity index (χ3n) is 3.88. The fourth-order valence-electron chi connectivity index (χ4n) is 2.72. The molecule has 0 aromatic heterocycles. The molecular formula is C16H24N2O. The molecule has 1 aliphatic rings. The highest BCUT2D eigenvalue weighted by molar-refractivity contribution is 5.76. The van der Waals surface area contributed by atoms with E-state index >= 15 is 0 Å². The van der Waals surface area contributed by atoms with E-state index in [2.05, 4.69) is 42.6 Å². The Bertz CT molecular complexity index is 383. The minimum atomic E-state index is 0.299. The van der Waals surface area contributed by atoms with Gasteiger partial charge in [-0.3, -0.25) is 4.79 Å². The predicted molar refractivity (Wildman–Crippen MR) is 78.2 cm³/mol. The van der Waals surface area contributed by atoms with Gasteiger partial charge < -0.3 is 10.2 Å². The maximum absolute atomic E-state index is 12.0. The first-order valence-corrected chi connectivity index (χ1v) is 7.34. The van der Waals surface area contributed by atoms with Gasteiger partial charge in [-0.1, -0.05) is 37.3 Å². The summed E-state index contributed by atoms with van der Waals surface area (Å²) in [6.07, 6.45) is 2.82. The first kappa shape index (κ1) is 14.1. The Hall–Kier alpha value is -1.35. The van der Waals surface area contributed by atoms with Crippen molar-refractivity contribution < 1.29 is 4.79 Å². The fourth-order valence-corrected chi connectivity index (χ4v) is 2.72. The Morgan fingerprint density at radius 3 is 2.58 bits per heavy atom. The van der Waals surface area contributed by atoms with E-state index in [1.807, 2.05) is 4.90 Å². The molecule has 1 aliphatic heterocycles. The van der Waals surface area contributed by atoms with E-state index < -0.39 is 0 Å². The highest BCUT2D eigenvalue weighted by Gasteiger charge is 2.23. The van der Waals surface area contributed by atoms with Crippen LogP contribution in [0.3, 0.4) is 0 Å². The Labute approximate surface area is 116 Å². The molecule has 1 heterocycles. The third kappa shape index (κ3) is 4.06. The molecule has 1 amide bonds. The number of likely N-dealkylation sites (tertiary alicyclic amines) is 1. The number of rotatable bonds is 5. The molecule has 1 aromatic rings. The van der Waals surface area contributed by atoms with E-state index in [0.29, 0.717) is 18.2 Å². The van der Waals surface area contributed by atoms with Crippen LogP contribution in [-0.2, 0) is 4.79 Å². The SMILES string of the molecule is CCNCCC(=O)N1CCC(c2ccccc2)CC1. The van der Waals surface area contributed by atoms with Crippen LogP contribution in [0.5, 0.6) is 0 Å². The molecule has 1 aromatic carbocycles. The van der Waals surface area contributed by atoms with E-state index in [0.717, 1.165) is 39.0 Å². The summed E-state index contributed by atoms with van der Waals surface area (Å²) < 4.78 is 0. The molecule has 0 atom stereocenters. The molecule has 0 bridgehead atoms. The average Bonchev–Trinajstić information content (AvgIpc) is 2.48. The fraction of sp³-hybridized carbons (Fsp3) is 0.562. The summed E-state index contributed by atoms with van der Waals surface area (Å²) in [5.41, 5.74) is 1.42. The lowest BCUT2D eigenvalue weighted by molar-refractivity contribution is -0.132. The van der Waals surface area contributed by atoms with Crippen molar-refractivity contribution in [2.45, 2.75) is 32.1 Å². The number of hydrogen-bond acceptors (Lipinski definition) is 2. The predicted octanol–water partition coefficient (Wildman–Crippen LogP) is 2.39. The van der Waals surface area contributed by atoms with Gasteiger partial charge in [0, 0.05) is 26.1 Å². The normalized spacial score (nSPS) is 16.6. The van der Waals surface area contributed by atoms with Crippen molar-refractivity contribution in [2.24, 2.45) is 0 Å². The highest BCUT2D eigenvalue weighted by Crippen LogP contribution is 2.27. The number of carbonyl (C=O) groups excluding carboxylic acids is 1. The van der Waals surface area contributed by atoms with Crippen LogP contribution in [0.4, 0.5) is 0 Å². The van der Waals surface area contributed by atoms with Gasteiger partial charge in [-0.05, 0) is 30.9 Å². The number of nitrogens with one attached hydrogen (secondary N) is 1. The van der Waals surface area contributed by atoms with Crippen LogP contribution in [-0.4, -0.2) is 37.0 Å². The largest absolute Gasteiger partial charge is 0.343 e. The topological polar surface area (TPSA) is 32.3 Å². The van der Waals surface area contributed by atoms with Crippen LogP contribution < -0.4 is 5.32 Å². The number of nitrogens with zero attached hydrogens (tertiary/aromatic N) is 1. The highest BCUT2D eigenvalue weighted by atomic mass is 16.2. The van der Waals surface area contributed by atoms with Gasteiger partial charge in [-0.25, -0.2) is 0 Å². The second-order valence-electron chi connectivity index (χ2n) is 5.17. The summed E-state index contributed by atoms with van der Waals surface area (Å²) in [6.45, 7) is 5.61. The molecule has 1 fully saturated rings. The first-order valence-electron chi connectivity index (χ1n) is 7.34. The standard InChI is InChI=1S/C16H24N2O/c1-2-17-11-8-16(19)18-12-9-15(10-13-18)14-6-4-3-5-7-14/h3-7,15,17H,2,8-13H2,1H3. The summed E-state index contributed by atoms with van der Waals surface area (Å²) in [6, 6.07) is 10.7. The number of amides is 1. The van der Waals surface area contributed by atoms with Crippen LogP contribution in [0, 0.1) is 0 Å². The Kier molecular flexibility index (Phi) is 5.40. The van der Waals surface area contributed by atoms with Gasteiger partial charge in [0.05, 0.1) is 0 Å². The van der Waals surface area contributed by atoms with Crippen molar-refractivity contribution >= 4 is 5.91 Å². The molecule has 0 radical (unpaired) electrons. The van der Waals surface area contributed by atoms with Crippen LogP contribution in [0.1, 0.15) is 37.7 Å². The maximum atomic E-state index is 12.0. The molecular weight excluding hydrogens is 236 g/mol. The Morgan fingerprint density at radius 1 is 1.26 bits per heavy atom. The van der Waals surface area contributed by atoms with Gasteiger partial charge >= 0.3 is 0 Å². The second-order valence-corrected chi connectivity index (χ2v) is 5.17. The first-order chi connectivity index (χ1) is 9.31. The molecule has 3 heteroatoms. The maximum Gasteiger partial charge on any atom is 0.223 e. The Morgan fingerprint density at radius 2 is 1.95 bits per heavy atom. The van der Waals surface area contributed by atoms with Crippen LogP contribution >= 0.6 is 0 Å². The molecule has 1 N–H and O–H groups in total. The zero-order chi connectivity index (χ0) is 13.5. The van der Waals surface area contributed by atoms with Gasteiger partial charge in [0.25, 0.3) is 0 Å². The molecule has 0 saturated carbocycles. The van der Waals surface area contributed by atoms with E-state index in [1.54, 1.807) is 0 Å². The van der Waals surface area contributed by atoms with E-state index in [4.69, 9.17) is 0 Å². The summed E-state index contributed by atoms with van der Waals surface area (Å²) in [4.78, 5) is 14.0. The summed E-state index contributed by atoms with van der Waals surface area (Å²) in [5, 5.41) is 3.21. The monoisotopic (exact) mass is 260 g/mol. The Balaban J connectivity index is 1.77. The number of carbonyl (C=O) groups is 1. The van der Waals surface area contributed by atoms with Crippen molar-refractivity contribution in [3.63, 3.8) is 0 Å². The van der Waals surface area contributed by atoms with Crippen LogP contribution in [0.2, 0.25) is 0 Å². The molecule has 0 unspecified atom stereocenters. The lowest BCUT2D eigenvalue weighted by Gasteiger charge is -2.32. The van der Waals surface area contributed by atoms with Gasteiger partial charge in [0.1, 0.15) is 0 Å². The molecule has 0 aliphatic carbocycles.